The van der Waals surface area contributed by atoms with Crippen LogP contribution in [0, 0.1) is 55.2 Å². The molecule has 0 aliphatic carbocycles. The summed E-state index contributed by atoms with van der Waals surface area (Å²) in [5.74, 6) is 1.62. The van der Waals surface area contributed by atoms with Crippen molar-refractivity contribution in [2.75, 3.05) is 0 Å². The molecule has 0 amide bonds. The lowest BCUT2D eigenvalue weighted by Gasteiger charge is -2.41. The molecule has 0 saturated heterocycles. The second-order valence-electron chi connectivity index (χ2n) is 24.9. The number of hydrogen-bond acceptors (Lipinski definition) is 0. The zero-order valence-electron chi connectivity index (χ0n) is 37.8. The van der Waals surface area contributed by atoms with Crippen LogP contribution in [-0.4, -0.2) is 0 Å². The molecule has 0 unspecified atom stereocenters. The Hall–Kier alpha value is 0. The predicted molar refractivity (Wildman–Crippen MR) is 234 cm³/mol. The molecule has 0 nitrogen and oxygen atoms in total. The Bertz CT molecular complexity index is 687. The molecule has 0 saturated carbocycles. The van der Waals surface area contributed by atoms with Gasteiger partial charge in [-0.3, -0.25) is 0 Å². The molecule has 0 radical (unpaired) electrons. The number of hydrogen-bond donors (Lipinski definition) is 0. The van der Waals surface area contributed by atoms with Crippen LogP contribution in [0.4, 0.5) is 0 Å². The molecule has 0 aromatic carbocycles. The van der Waals surface area contributed by atoms with E-state index < -0.39 is 0 Å². The first-order valence-corrected chi connectivity index (χ1v) is 20.6. The molecular formula is C49H106. The second-order valence-corrected chi connectivity index (χ2v) is 24.9. The SMILES string of the molecule is C.C.CC(C)CC(CCC(C)(C)C)(CCC(C)(C)C)CCC(C)(C)C.CC(C)CCC(CCC(C)(C)C)(CCC(C)(C)C)CCC(C)(C)C. The maximum Gasteiger partial charge on any atom is -0.0294 e. The lowest BCUT2D eigenvalue weighted by Crippen LogP contribution is -2.28. The average molecular weight is 695 g/mol. The Morgan fingerprint density at radius 3 is 0.633 bits per heavy atom. The molecule has 0 atom stereocenters. The van der Waals surface area contributed by atoms with E-state index in [-0.39, 0.29) is 14.9 Å². The molecule has 0 heteroatoms. The van der Waals surface area contributed by atoms with Crippen LogP contribution in [-0.2, 0) is 0 Å². The molecule has 0 aliphatic rings. The van der Waals surface area contributed by atoms with Crippen molar-refractivity contribution in [3.8, 4) is 0 Å². The van der Waals surface area contributed by atoms with Gasteiger partial charge in [0, 0.05) is 0 Å². The van der Waals surface area contributed by atoms with Crippen molar-refractivity contribution >= 4 is 0 Å². The molecule has 0 heterocycles. The topological polar surface area (TPSA) is 0 Å². The molecule has 0 N–H and O–H groups in total. The lowest BCUT2D eigenvalue weighted by molar-refractivity contribution is 0.107. The molecule has 302 valence electrons. The van der Waals surface area contributed by atoms with Crippen molar-refractivity contribution in [3.05, 3.63) is 0 Å². The summed E-state index contributed by atoms with van der Waals surface area (Å²) in [7, 11) is 0. The summed E-state index contributed by atoms with van der Waals surface area (Å²) < 4.78 is 0. The van der Waals surface area contributed by atoms with E-state index >= 15 is 0 Å². The minimum Gasteiger partial charge on any atom is -0.0776 e. The third-order valence-electron chi connectivity index (χ3n) is 10.5. The minimum absolute atomic E-state index is 0. The van der Waals surface area contributed by atoms with E-state index in [4.69, 9.17) is 0 Å². The second kappa shape index (κ2) is 22.3. The summed E-state index contributed by atoms with van der Waals surface area (Å²) in [4.78, 5) is 0. The van der Waals surface area contributed by atoms with E-state index in [1.165, 1.54) is 96.3 Å². The average Bonchev–Trinajstić information content (AvgIpc) is 2.81. The summed E-state index contributed by atoms with van der Waals surface area (Å²) in [6, 6.07) is 0. The first kappa shape index (κ1) is 55.8. The highest BCUT2D eigenvalue weighted by atomic mass is 14.4. The van der Waals surface area contributed by atoms with Crippen LogP contribution in [0.15, 0.2) is 0 Å². The van der Waals surface area contributed by atoms with Crippen LogP contribution in [0.5, 0.6) is 0 Å². The van der Waals surface area contributed by atoms with Gasteiger partial charge in [-0.25, -0.2) is 0 Å². The van der Waals surface area contributed by atoms with Crippen LogP contribution < -0.4 is 0 Å². The lowest BCUT2D eigenvalue weighted by atomic mass is 9.64. The first-order chi connectivity index (χ1) is 20.6. The van der Waals surface area contributed by atoms with Gasteiger partial charge in [-0.1, -0.05) is 174 Å². The third-order valence-corrected chi connectivity index (χ3v) is 10.5. The monoisotopic (exact) mass is 695 g/mol. The smallest absolute Gasteiger partial charge is 0.0294 e. The Kier molecular flexibility index (Phi) is 25.3. The van der Waals surface area contributed by atoms with Crippen molar-refractivity contribution in [1.29, 1.82) is 0 Å². The fourth-order valence-electron chi connectivity index (χ4n) is 6.73. The maximum absolute atomic E-state index is 2.42. The Balaban J connectivity index is -0.000000397. The Morgan fingerprint density at radius 2 is 0.469 bits per heavy atom. The van der Waals surface area contributed by atoms with Gasteiger partial charge < -0.3 is 0 Å². The van der Waals surface area contributed by atoms with Gasteiger partial charge in [0.1, 0.15) is 0 Å². The molecule has 0 aliphatic heterocycles. The molecule has 0 aromatic rings. The fourth-order valence-corrected chi connectivity index (χ4v) is 6.73. The van der Waals surface area contributed by atoms with E-state index in [1.54, 1.807) is 0 Å². The molecule has 0 fully saturated rings. The van der Waals surface area contributed by atoms with Crippen molar-refractivity contribution in [2.24, 2.45) is 55.2 Å². The highest BCUT2D eigenvalue weighted by molar-refractivity contribution is 4.87. The largest absolute Gasteiger partial charge is 0.0776 e. The van der Waals surface area contributed by atoms with Gasteiger partial charge in [0.05, 0.1) is 0 Å². The van der Waals surface area contributed by atoms with Crippen LogP contribution in [0.1, 0.15) is 263 Å². The van der Waals surface area contributed by atoms with Gasteiger partial charge in [0.25, 0.3) is 0 Å². The van der Waals surface area contributed by atoms with E-state index in [0.29, 0.717) is 43.3 Å². The molecule has 0 bridgehead atoms. The van der Waals surface area contributed by atoms with E-state index in [9.17, 15) is 0 Å². The molecule has 0 aromatic heterocycles. The van der Waals surface area contributed by atoms with Gasteiger partial charge in [-0.15, -0.1) is 0 Å². The Morgan fingerprint density at radius 1 is 0.265 bits per heavy atom. The summed E-state index contributed by atoms with van der Waals surface area (Å²) in [6.07, 6.45) is 20.8. The van der Waals surface area contributed by atoms with Crippen LogP contribution >= 0.6 is 0 Å². The van der Waals surface area contributed by atoms with Gasteiger partial charge in [0.2, 0.25) is 0 Å². The molecule has 49 heavy (non-hydrogen) atoms. The van der Waals surface area contributed by atoms with Crippen molar-refractivity contribution in [1.82, 2.24) is 0 Å². The molecule has 0 spiro atoms. The van der Waals surface area contributed by atoms with Gasteiger partial charge in [-0.05, 0) is 145 Å². The zero-order chi connectivity index (χ0) is 37.8. The molecule has 0 rings (SSSR count). The highest BCUT2D eigenvalue weighted by Crippen LogP contribution is 2.48. The zero-order valence-corrected chi connectivity index (χ0v) is 37.8. The third kappa shape index (κ3) is 36.2. The minimum atomic E-state index is 0. The predicted octanol–water partition coefficient (Wildman–Crippen LogP) is 18.7. The van der Waals surface area contributed by atoms with E-state index in [0.717, 1.165) is 11.8 Å². The molecular weight excluding hydrogens is 589 g/mol. The van der Waals surface area contributed by atoms with Gasteiger partial charge in [-0.2, -0.15) is 0 Å². The highest BCUT2D eigenvalue weighted by Gasteiger charge is 2.35. The van der Waals surface area contributed by atoms with Crippen molar-refractivity contribution in [2.45, 2.75) is 263 Å². The van der Waals surface area contributed by atoms with E-state index in [1.807, 2.05) is 0 Å². The number of rotatable bonds is 17. The van der Waals surface area contributed by atoms with Crippen LogP contribution in [0.25, 0.3) is 0 Å². The van der Waals surface area contributed by atoms with Gasteiger partial charge >= 0.3 is 0 Å². The standard InChI is InChI=1S/C24H50.C23H48.2CH4/c1-20(2)12-13-24(17-14-21(3,4)5,18-15-22(6,7)8)19-16-23(9,10)11;1-19(2)18-23(15-12-20(3,4)5,16-13-21(6,7)8)17-14-22(9,10)11;;/h20H,12-19H2,1-11H3;19H,12-18H2,1-11H3;2*1H4. The van der Waals surface area contributed by atoms with Gasteiger partial charge in [0.15, 0.2) is 0 Å². The van der Waals surface area contributed by atoms with Crippen molar-refractivity contribution < 1.29 is 0 Å². The van der Waals surface area contributed by atoms with Crippen LogP contribution in [0.2, 0.25) is 0 Å². The van der Waals surface area contributed by atoms with Crippen LogP contribution in [0.3, 0.4) is 0 Å². The Labute approximate surface area is 317 Å². The first-order valence-electron chi connectivity index (χ1n) is 20.6. The summed E-state index contributed by atoms with van der Waals surface area (Å²) >= 11 is 0. The summed E-state index contributed by atoms with van der Waals surface area (Å²) in [5.41, 5.74) is 3.80. The summed E-state index contributed by atoms with van der Waals surface area (Å²) in [6.45, 7) is 52.9. The normalized spacial score (nSPS) is 14.0. The van der Waals surface area contributed by atoms with Crippen molar-refractivity contribution in [3.63, 3.8) is 0 Å². The fraction of sp³-hybridized carbons (Fsp3) is 1.00. The van der Waals surface area contributed by atoms with E-state index in [2.05, 4.69) is 152 Å². The summed E-state index contributed by atoms with van der Waals surface area (Å²) in [5, 5.41) is 0. The maximum atomic E-state index is 2.42. The quantitative estimate of drug-likeness (QED) is 0.142.